The molecule has 1 aliphatic heterocycles. The minimum Gasteiger partial charge on any atom is -0.480 e. The van der Waals surface area contributed by atoms with Gasteiger partial charge in [-0.1, -0.05) is 20.8 Å². The van der Waals surface area contributed by atoms with Gasteiger partial charge in [-0.2, -0.15) is 0 Å². The molecule has 1 fully saturated rings. The zero-order chi connectivity index (χ0) is 15.5. The van der Waals surface area contributed by atoms with Crippen LogP contribution in [0, 0.1) is 11.3 Å². The lowest BCUT2D eigenvalue weighted by atomic mass is 9.84. The molecule has 116 valence electrons. The molecule has 0 aromatic heterocycles. The van der Waals surface area contributed by atoms with Crippen molar-refractivity contribution in [1.29, 1.82) is 0 Å². The van der Waals surface area contributed by atoms with E-state index in [1.165, 1.54) is 12.0 Å². The lowest BCUT2D eigenvalue weighted by molar-refractivity contribution is -0.150. The van der Waals surface area contributed by atoms with E-state index in [0.29, 0.717) is 19.4 Å². The number of likely N-dealkylation sites (tertiary alicyclic amines) is 1. The Balaban J connectivity index is 2.84. The molecule has 0 radical (unpaired) electrons. The summed E-state index contributed by atoms with van der Waals surface area (Å²) in [6.07, 6.45) is 0.765. The summed E-state index contributed by atoms with van der Waals surface area (Å²) in [7, 11) is 1.53. The van der Waals surface area contributed by atoms with Crippen LogP contribution in [0.4, 0.5) is 0 Å². The summed E-state index contributed by atoms with van der Waals surface area (Å²) in [6.45, 7) is 6.68. The molecule has 20 heavy (non-hydrogen) atoms. The summed E-state index contributed by atoms with van der Waals surface area (Å²) in [5.41, 5.74) is 5.68. The first-order valence-electron chi connectivity index (χ1n) is 6.95. The van der Waals surface area contributed by atoms with Gasteiger partial charge in [0.05, 0.1) is 12.0 Å². The molecule has 0 aromatic rings. The van der Waals surface area contributed by atoms with Crippen molar-refractivity contribution in [3.63, 3.8) is 0 Å². The van der Waals surface area contributed by atoms with E-state index >= 15 is 0 Å². The van der Waals surface area contributed by atoms with E-state index < -0.39 is 12.0 Å². The summed E-state index contributed by atoms with van der Waals surface area (Å²) >= 11 is 0. The SMILES string of the molecule is COC1CC(C(=O)O)N(C(=O)C(CN)CC(C)(C)C)C1. The predicted molar refractivity (Wildman–Crippen MR) is 75.2 cm³/mol. The zero-order valence-electron chi connectivity index (χ0n) is 12.8. The van der Waals surface area contributed by atoms with E-state index in [1.807, 2.05) is 20.8 Å². The summed E-state index contributed by atoms with van der Waals surface area (Å²) < 4.78 is 5.20. The molecular formula is C14H26N2O4. The van der Waals surface area contributed by atoms with Crippen molar-refractivity contribution in [3.8, 4) is 0 Å². The first-order chi connectivity index (χ1) is 9.19. The van der Waals surface area contributed by atoms with Gasteiger partial charge in [0.1, 0.15) is 6.04 Å². The van der Waals surface area contributed by atoms with Crippen molar-refractivity contribution in [3.05, 3.63) is 0 Å². The Bertz CT molecular complexity index is 365. The lowest BCUT2D eigenvalue weighted by Gasteiger charge is -2.29. The van der Waals surface area contributed by atoms with Gasteiger partial charge in [0.15, 0.2) is 0 Å². The largest absolute Gasteiger partial charge is 0.480 e. The van der Waals surface area contributed by atoms with Gasteiger partial charge in [0.2, 0.25) is 5.91 Å². The van der Waals surface area contributed by atoms with Gasteiger partial charge in [0, 0.05) is 26.6 Å². The number of carboxylic acids is 1. The monoisotopic (exact) mass is 286 g/mol. The van der Waals surface area contributed by atoms with Crippen LogP contribution in [0.25, 0.3) is 0 Å². The van der Waals surface area contributed by atoms with E-state index in [-0.39, 0.29) is 29.9 Å². The molecule has 0 spiro atoms. The highest BCUT2D eigenvalue weighted by atomic mass is 16.5. The molecule has 1 aliphatic rings. The second-order valence-corrected chi connectivity index (χ2v) is 6.64. The molecule has 3 N–H and O–H groups in total. The van der Waals surface area contributed by atoms with Crippen molar-refractivity contribution >= 4 is 11.9 Å². The maximum Gasteiger partial charge on any atom is 0.326 e. The zero-order valence-corrected chi connectivity index (χ0v) is 12.8. The number of carbonyl (C=O) groups excluding carboxylic acids is 1. The number of rotatable bonds is 5. The Morgan fingerprint density at radius 2 is 2.05 bits per heavy atom. The summed E-state index contributed by atoms with van der Waals surface area (Å²) in [6, 6.07) is -0.804. The molecule has 0 saturated carbocycles. The number of amides is 1. The van der Waals surface area contributed by atoms with Gasteiger partial charge < -0.3 is 20.5 Å². The number of aliphatic carboxylic acids is 1. The normalized spacial score (nSPS) is 24.8. The van der Waals surface area contributed by atoms with Crippen molar-refractivity contribution in [2.45, 2.75) is 45.8 Å². The Morgan fingerprint density at radius 3 is 2.45 bits per heavy atom. The highest BCUT2D eigenvalue weighted by Crippen LogP contribution is 2.28. The van der Waals surface area contributed by atoms with E-state index in [4.69, 9.17) is 10.5 Å². The minimum atomic E-state index is -0.982. The average molecular weight is 286 g/mol. The van der Waals surface area contributed by atoms with Gasteiger partial charge in [-0.05, 0) is 11.8 Å². The first-order valence-corrected chi connectivity index (χ1v) is 6.95. The highest BCUT2D eigenvalue weighted by Gasteiger charge is 2.42. The van der Waals surface area contributed by atoms with E-state index in [2.05, 4.69) is 0 Å². The number of nitrogens with two attached hydrogens (primary N) is 1. The highest BCUT2D eigenvalue weighted by molar-refractivity contribution is 5.86. The Hall–Kier alpha value is -1.14. The average Bonchev–Trinajstić information content (AvgIpc) is 2.78. The number of hydrogen-bond acceptors (Lipinski definition) is 4. The fourth-order valence-corrected chi connectivity index (χ4v) is 2.69. The summed E-state index contributed by atoms with van der Waals surface area (Å²) in [5, 5.41) is 9.25. The number of nitrogens with zero attached hydrogens (tertiary/aromatic N) is 1. The quantitative estimate of drug-likeness (QED) is 0.776. The van der Waals surface area contributed by atoms with E-state index in [0.717, 1.165) is 0 Å². The second kappa shape index (κ2) is 6.54. The van der Waals surface area contributed by atoms with Gasteiger partial charge >= 0.3 is 5.97 Å². The summed E-state index contributed by atoms with van der Waals surface area (Å²) in [4.78, 5) is 25.3. The third-order valence-electron chi connectivity index (χ3n) is 3.66. The Labute approximate surface area is 120 Å². The van der Waals surface area contributed by atoms with Crippen LogP contribution in [-0.4, -0.2) is 54.2 Å². The number of carboxylic acid groups (broad SMARTS) is 1. The van der Waals surface area contributed by atoms with Gasteiger partial charge in [-0.15, -0.1) is 0 Å². The molecule has 6 nitrogen and oxygen atoms in total. The fourth-order valence-electron chi connectivity index (χ4n) is 2.69. The summed E-state index contributed by atoms with van der Waals surface area (Å²) in [5.74, 6) is -1.49. The molecular weight excluding hydrogens is 260 g/mol. The topological polar surface area (TPSA) is 92.9 Å². The molecule has 1 heterocycles. The van der Waals surface area contributed by atoms with Crippen molar-refractivity contribution in [1.82, 2.24) is 4.90 Å². The van der Waals surface area contributed by atoms with Crippen LogP contribution >= 0.6 is 0 Å². The second-order valence-electron chi connectivity index (χ2n) is 6.64. The van der Waals surface area contributed by atoms with Gasteiger partial charge in [-0.3, -0.25) is 4.79 Å². The third kappa shape index (κ3) is 4.18. The molecule has 1 saturated heterocycles. The van der Waals surface area contributed by atoms with Crippen molar-refractivity contribution in [2.75, 3.05) is 20.2 Å². The smallest absolute Gasteiger partial charge is 0.326 e. The standard InChI is InChI=1S/C14H26N2O4/c1-14(2,3)6-9(7-15)12(17)16-8-10(20-4)5-11(16)13(18)19/h9-11H,5-8,15H2,1-4H3,(H,18,19). The number of methoxy groups -OCH3 is 1. The van der Waals surface area contributed by atoms with Crippen LogP contribution in [-0.2, 0) is 14.3 Å². The lowest BCUT2D eigenvalue weighted by Crippen LogP contribution is -2.46. The van der Waals surface area contributed by atoms with Gasteiger partial charge in [-0.25, -0.2) is 4.79 Å². The Morgan fingerprint density at radius 1 is 1.45 bits per heavy atom. The van der Waals surface area contributed by atoms with Crippen LogP contribution in [0.2, 0.25) is 0 Å². The predicted octanol–water partition coefficient (Wildman–Crippen LogP) is 0.698. The molecule has 0 bridgehead atoms. The maximum atomic E-state index is 12.6. The molecule has 0 aliphatic carbocycles. The van der Waals surface area contributed by atoms with Crippen LogP contribution in [0.15, 0.2) is 0 Å². The molecule has 3 unspecified atom stereocenters. The van der Waals surface area contributed by atoms with Crippen LogP contribution in [0.3, 0.4) is 0 Å². The van der Waals surface area contributed by atoms with Gasteiger partial charge in [0.25, 0.3) is 0 Å². The fraction of sp³-hybridized carbons (Fsp3) is 0.857. The van der Waals surface area contributed by atoms with Crippen LogP contribution < -0.4 is 5.73 Å². The molecule has 1 amide bonds. The molecule has 6 heteroatoms. The van der Waals surface area contributed by atoms with Crippen LogP contribution in [0.5, 0.6) is 0 Å². The number of ether oxygens (including phenoxy) is 1. The minimum absolute atomic E-state index is 0.0290. The third-order valence-corrected chi connectivity index (χ3v) is 3.66. The first kappa shape index (κ1) is 16.9. The number of hydrogen-bond donors (Lipinski definition) is 2. The Kier molecular flexibility index (Phi) is 5.53. The molecule has 0 aromatic carbocycles. The molecule has 3 atom stereocenters. The maximum absolute atomic E-state index is 12.6. The molecule has 1 rings (SSSR count). The van der Waals surface area contributed by atoms with Crippen LogP contribution in [0.1, 0.15) is 33.6 Å². The van der Waals surface area contributed by atoms with E-state index in [9.17, 15) is 14.7 Å². The number of carbonyl (C=O) groups is 2. The van der Waals surface area contributed by atoms with Crippen molar-refractivity contribution < 1.29 is 19.4 Å². The van der Waals surface area contributed by atoms with E-state index in [1.54, 1.807) is 0 Å². The van der Waals surface area contributed by atoms with Crippen molar-refractivity contribution in [2.24, 2.45) is 17.1 Å².